The third-order valence-electron chi connectivity index (χ3n) is 3.69. The third-order valence-corrected chi connectivity index (χ3v) is 5.18. The number of hydrogen-bond donors (Lipinski definition) is 2. The van der Waals surface area contributed by atoms with Crippen LogP contribution in [-0.2, 0) is 29.1 Å². The van der Waals surface area contributed by atoms with Crippen LogP contribution >= 0.6 is 0 Å². The van der Waals surface area contributed by atoms with Crippen LogP contribution in [-0.4, -0.2) is 45.6 Å². The minimum atomic E-state index is -3.97. The molecule has 156 valence electrons. The second kappa shape index (κ2) is 10.2. The lowest BCUT2D eigenvalue weighted by atomic mass is 10.0. The van der Waals surface area contributed by atoms with Crippen LogP contribution in [0.5, 0.6) is 0 Å². The Bertz CT molecular complexity index is 804. The number of aryl methyl sites for hydroxylation is 1. The molecule has 2 N–H and O–H groups in total. The van der Waals surface area contributed by atoms with E-state index < -0.39 is 40.1 Å². The van der Waals surface area contributed by atoms with Gasteiger partial charge in [-0.3, -0.25) is 14.9 Å². The summed E-state index contributed by atoms with van der Waals surface area (Å²) in [6.07, 6.45) is -2.15. The zero-order valence-corrected chi connectivity index (χ0v) is 17.3. The molecule has 28 heavy (non-hydrogen) atoms. The Morgan fingerprint density at radius 3 is 2.14 bits per heavy atom. The highest BCUT2D eigenvalue weighted by Crippen LogP contribution is 2.14. The van der Waals surface area contributed by atoms with Crippen molar-refractivity contribution in [2.45, 2.75) is 51.2 Å². The zero-order chi connectivity index (χ0) is 21.5. The number of amides is 2. The van der Waals surface area contributed by atoms with E-state index in [4.69, 9.17) is 4.74 Å². The van der Waals surface area contributed by atoms with Crippen LogP contribution < -0.4 is 10.0 Å². The van der Waals surface area contributed by atoms with E-state index in [2.05, 4.69) is 9.46 Å². The van der Waals surface area contributed by atoms with Crippen molar-refractivity contribution in [1.29, 1.82) is 0 Å². The van der Waals surface area contributed by atoms with Gasteiger partial charge in [-0.2, -0.15) is 4.72 Å². The molecule has 0 saturated heterocycles. The highest BCUT2D eigenvalue weighted by atomic mass is 32.2. The third kappa shape index (κ3) is 7.28. The molecule has 0 bridgehead atoms. The largest absolute Gasteiger partial charge is 0.453 e. The van der Waals surface area contributed by atoms with E-state index in [-0.39, 0.29) is 17.2 Å². The molecule has 0 aliphatic rings. The Morgan fingerprint density at radius 2 is 1.64 bits per heavy atom. The predicted molar refractivity (Wildman–Crippen MR) is 101 cm³/mol. The second-order valence-electron chi connectivity index (χ2n) is 6.68. The molecule has 2 amide bonds. The van der Waals surface area contributed by atoms with Crippen LogP contribution in [0.1, 0.15) is 32.8 Å². The van der Waals surface area contributed by atoms with Gasteiger partial charge in [-0.15, -0.1) is 0 Å². The molecule has 0 radical (unpaired) electrons. The Hall–Kier alpha value is -2.46. The van der Waals surface area contributed by atoms with Crippen LogP contribution in [0.25, 0.3) is 0 Å². The average molecular weight is 414 g/mol. The quantitative estimate of drug-likeness (QED) is 0.617. The maximum absolute atomic E-state index is 12.6. The second-order valence-corrected chi connectivity index (χ2v) is 8.39. The van der Waals surface area contributed by atoms with Gasteiger partial charge in [-0.1, -0.05) is 31.5 Å². The van der Waals surface area contributed by atoms with Crippen molar-refractivity contribution < 1.29 is 32.3 Å². The van der Waals surface area contributed by atoms with E-state index in [0.29, 0.717) is 0 Å². The SMILES string of the molecule is COC(=O)NC(=O)[C@@H](C)OC(=O)[C@H](CC(C)C)NS(=O)(=O)c1ccc(C)cc1. The average Bonchev–Trinajstić information content (AvgIpc) is 2.60. The summed E-state index contributed by atoms with van der Waals surface area (Å²) in [5, 5.41) is 1.88. The number of ether oxygens (including phenoxy) is 2. The normalized spacial score (nSPS) is 13.5. The van der Waals surface area contributed by atoms with Gasteiger partial charge in [0.25, 0.3) is 5.91 Å². The molecule has 2 atom stereocenters. The number of hydrogen-bond acceptors (Lipinski definition) is 7. The van der Waals surface area contributed by atoms with Crippen molar-refractivity contribution in [3.05, 3.63) is 29.8 Å². The minimum absolute atomic E-state index is 0.0103. The number of alkyl carbamates (subject to hydrolysis) is 1. The number of nitrogens with one attached hydrogen (secondary N) is 2. The highest BCUT2D eigenvalue weighted by molar-refractivity contribution is 7.89. The first-order valence-corrected chi connectivity index (χ1v) is 10.1. The standard InChI is InChI=1S/C18H26N2O7S/c1-11(2)10-15(17(22)27-13(4)16(21)19-18(23)26-5)20-28(24,25)14-8-6-12(3)7-9-14/h6-9,11,13,15,20H,10H2,1-5H3,(H,19,21,23)/t13-,15+/m1/s1. The molecule has 9 nitrogen and oxygen atoms in total. The lowest BCUT2D eigenvalue weighted by molar-refractivity contribution is -0.156. The van der Waals surface area contributed by atoms with Crippen molar-refractivity contribution in [3.8, 4) is 0 Å². The van der Waals surface area contributed by atoms with Crippen molar-refractivity contribution in [2.24, 2.45) is 5.92 Å². The highest BCUT2D eigenvalue weighted by Gasteiger charge is 2.30. The Balaban J connectivity index is 2.91. The molecule has 0 saturated carbocycles. The van der Waals surface area contributed by atoms with E-state index in [1.807, 2.05) is 26.1 Å². The first kappa shape index (κ1) is 23.6. The van der Waals surface area contributed by atoms with E-state index in [0.717, 1.165) is 12.7 Å². The number of methoxy groups -OCH3 is 1. The molecule has 0 unspecified atom stereocenters. The molecule has 0 heterocycles. The van der Waals surface area contributed by atoms with Crippen molar-refractivity contribution >= 4 is 28.0 Å². The fourth-order valence-electron chi connectivity index (χ4n) is 2.20. The fraction of sp³-hybridized carbons (Fsp3) is 0.500. The van der Waals surface area contributed by atoms with E-state index >= 15 is 0 Å². The summed E-state index contributed by atoms with van der Waals surface area (Å²) in [7, 11) is -2.89. The molecule has 10 heteroatoms. The molecule has 1 rings (SSSR count). The topological polar surface area (TPSA) is 128 Å². The van der Waals surface area contributed by atoms with Gasteiger partial charge in [0, 0.05) is 0 Å². The number of sulfonamides is 1. The van der Waals surface area contributed by atoms with Gasteiger partial charge in [0.1, 0.15) is 6.04 Å². The summed E-state index contributed by atoms with van der Waals surface area (Å²) < 4.78 is 36.8. The summed E-state index contributed by atoms with van der Waals surface area (Å²) in [6.45, 7) is 6.71. The van der Waals surface area contributed by atoms with E-state index in [9.17, 15) is 22.8 Å². The number of rotatable bonds is 8. The van der Waals surface area contributed by atoms with Gasteiger partial charge >= 0.3 is 12.1 Å². The van der Waals surface area contributed by atoms with Gasteiger partial charge in [0.2, 0.25) is 10.0 Å². The van der Waals surface area contributed by atoms with Crippen LogP contribution in [0.2, 0.25) is 0 Å². The maximum atomic E-state index is 12.6. The molecular weight excluding hydrogens is 388 g/mol. The number of benzene rings is 1. The summed E-state index contributed by atoms with van der Waals surface area (Å²) in [4.78, 5) is 35.4. The van der Waals surface area contributed by atoms with Crippen molar-refractivity contribution in [2.75, 3.05) is 7.11 Å². The van der Waals surface area contributed by atoms with Gasteiger partial charge in [0.15, 0.2) is 6.10 Å². The first-order chi connectivity index (χ1) is 13.0. The predicted octanol–water partition coefficient (Wildman–Crippen LogP) is 1.50. The summed E-state index contributed by atoms with van der Waals surface area (Å²) in [5.41, 5.74) is 0.891. The van der Waals surface area contributed by atoms with Gasteiger partial charge in [0.05, 0.1) is 12.0 Å². The van der Waals surface area contributed by atoms with Gasteiger partial charge < -0.3 is 9.47 Å². The molecule has 0 spiro atoms. The number of imide groups is 1. The van der Waals surface area contributed by atoms with Crippen molar-refractivity contribution in [1.82, 2.24) is 10.0 Å². The lowest BCUT2D eigenvalue weighted by Crippen LogP contribution is -2.46. The van der Waals surface area contributed by atoms with Crippen LogP contribution in [0.3, 0.4) is 0 Å². The molecular formula is C18H26N2O7S. The van der Waals surface area contributed by atoms with Crippen molar-refractivity contribution in [3.63, 3.8) is 0 Å². The lowest BCUT2D eigenvalue weighted by Gasteiger charge is -2.21. The number of carbonyl (C=O) groups excluding carboxylic acids is 3. The van der Waals surface area contributed by atoms with Crippen LogP contribution in [0.15, 0.2) is 29.2 Å². The zero-order valence-electron chi connectivity index (χ0n) is 16.5. The minimum Gasteiger partial charge on any atom is -0.453 e. The Morgan fingerprint density at radius 1 is 1.07 bits per heavy atom. The summed E-state index contributed by atoms with van der Waals surface area (Å²) in [5.74, 6) is -1.83. The molecule has 0 aromatic heterocycles. The molecule has 1 aromatic carbocycles. The molecule has 0 fully saturated rings. The number of esters is 1. The van der Waals surface area contributed by atoms with E-state index in [1.165, 1.54) is 19.1 Å². The van der Waals surface area contributed by atoms with Crippen LogP contribution in [0.4, 0.5) is 4.79 Å². The molecule has 1 aromatic rings. The Labute approximate surface area is 164 Å². The van der Waals surface area contributed by atoms with Crippen LogP contribution in [0, 0.1) is 12.8 Å². The van der Waals surface area contributed by atoms with Gasteiger partial charge in [-0.05, 0) is 38.3 Å². The smallest absolute Gasteiger partial charge is 0.413 e. The summed E-state index contributed by atoms with van der Waals surface area (Å²) in [6, 6.07) is 4.95. The first-order valence-electron chi connectivity index (χ1n) is 8.64. The van der Waals surface area contributed by atoms with E-state index in [1.54, 1.807) is 12.1 Å². The maximum Gasteiger partial charge on any atom is 0.413 e. The number of carbonyl (C=O) groups is 3. The van der Waals surface area contributed by atoms with Gasteiger partial charge in [-0.25, -0.2) is 13.2 Å². The molecule has 0 aliphatic carbocycles. The fourth-order valence-corrected chi connectivity index (χ4v) is 3.40. The Kier molecular flexibility index (Phi) is 8.58. The molecule has 0 aliphatic heterocycles. The monoisotopic (exact) mass is 414 g/mol. The summed E-state index contributed by atoms with van der Waals surface area (Å²) >= 11 is 0.